The third-order valence-electron chi connectivity index (χ3n) is 9.06. The van der Waals surface area contributed by atoms with Gasteiger partial charge in [0.1, 0.15) is 11.2 Å². The maximum atomic E-state index is 7.01. The van der Waals surface area contributed by atoms with E-state index in [2.05, 4.69) is 122 Å². The van der Waals surface area contributed by atoms with Crippen LogP contribution in [0.5, 0.6) is 0 Å². The smallest absolute Gasteiger partial charge is 0.310 e. The standard InChI is InChI=1S/C40H46NO2P/c1-3-4-5-6-7-8-9-10-11-19-30-41(31(2)32-20-13-12-14-21-32)44-42-37-28-26-33-22-15-17-24-35(33)39(37)40-36-25-18-16-23-34(36)27-29-38(40)43-44/h12-18,20-29,31H,3-11,19,30H2,1-2H3/t31-/m1/s1. The van der Waals surface area contributed by atoms with Gasteiger partial charge in [0.2, 0.25) is 0 Å². The van der Waals surface area contributed by atoms with Crippen molar-refractivity contribution in [3.8, 4) is 0 Å². The summed E-state index contributed by atoms with van der Waals surface area (Å²) in [4.78, 5) is 0. The molecule has 0 unspecified atom stereocenters. The van der Waals surface area contributed by atoms with Crippen LogP contribution in [0.2, 0.25) is 0 Å². The summed E-state index contributed by atoms with van der Waals surface area (Å²) in [6, 6.07) is 36.9. The lowest BCUT2D eigenvalue weighted by Gasteiger charge is -2.26. The molecule has 1 aromatic heterocycles. The number of fused-ring (bicyclic) bond motifs is 7. The van der Waals surface area contributed by atoms with Gasteiger partial charge >= 0.3 is 8.16 Å². The van der Waals surface area contributed by atoms with Crippen LogP contribution in [0.15, 0.2) is 112 Å². The van der Waals surface area contributed by atoms with Gasteiger partial charge in [0.25, 0.3) is 0 Å². The summed E-state index contributed by atoms with van der Waals surface area (Å²) in [7, 11) is -1.41. The summed E-state index contributed by atoms with van der Waals surface area (Å²) in [5, 5.41) is 7.07. The van der Waals surface area contributed by atoms with E-state index in [-0.39, 0.29) is 6.04 Å². The van der Waals surface area contributed by atoms with E-state index < -0.39 is 8.16 Å². The molecular formula is C40H46NO2P. The lowest BCUT2D eigenvalue weighted by molar-refractivity contribution is 0.543. The minimum Gasteiger partial charge on any atom is -0.408 e. The third kappa shape index (κ3) is 6.90. The number of hydrogen-bond donors (Lipinski definition) is 0. The van der Waals surface area contributed by atoms with Crippen LogP contribution in [0.1, 0.15) is 89.7 Å². The van der Waals surface area contributed by atoms with Crippen LogP contribution in [-0.4, -0.2) is 6.54 Å². The zero-order valence-corrected chi connectivity index (χ0v) is 27.3. The number of nitrogens with zero attached hydrogens (tertiary/aromatic N) is 1. The molecule has 0 N–H and O–H groups in total. The highest BCUT2D eigenvalue weighted by Crippen LogP contribution is 2.44. The molecule has 44 heavy (non-hydrogen) atoms. The third-order valence-corrected chi connectivity index (χ3v) is 10.7. The minimum absolute atomic E-state index is 0.159. The first kappa shape index (κ1) is 30.5. The van der Waals surface area contributed by atoms with Gasteiger partial charge in [-0.05, 0) is 52.6 Å². The van der Waals surface area contributed by atoms with Gasteiger partial charge in [0.15, 0.2) is 0 Å². The largest absolute Gasteiger partial charge is 0.408 e. The molecule has 0 amide bonds. The van der Waals surface area contributed by atoms with Crippen molar-refractivity contribution in [2.75, 3.05) is 11.2 Å². The Balaban J connectivity index is 1.39. The number of rotatable bonds is 14. The molecule has 0 bridgehead atoms. The lowest BCUT2D eigenvalue weighted by atomic mass is 9.99. The molecular weight excluding hydrogens is 557 g/mol. The second-order valence-corrected chi connectivity index (χ2v) is 13.5. The van der Waals surface area contributed by atoms with Crippen LogP contribution in [0, 0.1) is 0 Å². The SMILES string of the molecule is CCCCCCCCCCCCN([C@H](C)c1ccccc1)p1oc2ccc3ccccc3c2c2c(ccc3ccccc32)o1. The fourth-order valence-electron chi connectivity index (χ4n) is 6.54. The van der Waals surface area contributed by atoms with Gasteiger partial charge in [0, 0.05) is 23.4 Å². The van der Waals surface area contributed by atoms with Crippen molar-refractivity contribution in [1.29, 1.82) is 0 Å². The van der Waals surface area contributed by atoms with E-state index in [1.165, 1.54) is 84.9 Å². The van der Waals surface area contributed by atoms with Crippen molar-refractivity contribution in [3.05, 3.63) is 109 Å². The van der Waals surface area contributed by atoms with Gasteiger partial charge in [-0.1, -0.05) is 156 Å². The van der Waals surface area contributed by atoms with Gasteiger partial charge in [-0.2, -0.15) is 4.67 Å². The molecule has 6 aromatic rings. The molecule has 0 radical (unpaired) electrons. The van der Waals surface area contributed by atoms with Gasteiger partial charge in [-0.3, -0.25) is 0 Å². The average Bonchev–Trinajstić information content (AvgIpc) is 3.24. The molecule has 228 valence electrons. The van der Waals surface area contributed by atoms with Crippen molar-refractivity contribution in [2.24, 2.45) is 0 Å². The van der Waals surface area contributed by atoms with Gasteiger partial charge < -0.3 is 8.39 Å². The topological polar surface area (TPSA) is 29.5 Å². The van der Waals surface area contributed by atoms with Crippen molar-refractivity contribution in [2.45, 2.75) is 84.1 Å². The predicted octanol–water partition coefficient (Wildman–Crippen LogP) is 13.2. The summed E-state index contributed by atoms with van der Waals surface area (Å²) in [5.41, 5.74) is 3.09. The zero-order valence-electron chi connectivity index (χ0n) is 26.4. The van der Waals surface area contributed by atoms with Crippen LogP contribution >= 0.6 is 8.16 Å². The fraction of sp³-hybridized carbons (Fsp3) is 0.350. The average molecular weight is 604 g/mol. The second kappa shape index (κ2) is 15.0. The second-order valence-electron chi connectivity index (χ2n) is 12.2. The summed E-state index contributed by atoms with van der Waals surface area (Å²) in [6.45, 7) is 5.52. The summed E-state index contributed by atoms with van der Waals surface area (Å²) in [6.07, 6.45) is 13.2. The monoisotopic (exact) mass is 603 g/mol. The first-order chi connectivity index (χ1) is 21.7. The number of unbranched alkanes of at least 4 members (excludes halogenated alkanes) is 9. The van der Waals surface area contributed by atoms with Crippen LogP contribution in [0.25, 0.3) is 43.5 Å². The number of benzene rings is 5. The fourth-order valence-corrected chi connectivity index (χ4v) is 8.15. The normalized spacial score (nSPS) is 12.5. The molecule has 1 atom stereocenters. The van der Waals surface area contributed by atoms with Gasteiger partial charge in [0.05, 0.1) is 0 Å². The summed E-state index contributed by atoms with van der Waals surface area (Å²) < 4.78 is 16.5. The molecule has 0 saturated heterocycles. The maximum absolute atomic E-state index is 7.01. The van der Waals surface area contributed by atoms with E-state index in [1.54, 1.807) is 0 Å². The Morgan fingerprint density at radius 3 is 1.57 bits per heavy atom. The van der Waals surface area contributed by atoms with Crippen molar-refractivity contribution in [3.63, 3.8) is 0 Å². The molecule has 3 nitrogen and oxygen atoms in total. The molecule has 0 saturated carbocycles. The molecule has 0 fully saturated rings. The van der Waals surface area contributed by atoms with E-state index in [0.29, 0.717) is 0 Å². The Hall–Kier alpha value is -3.52. The van der Waals surface area contributed by atoms with Crippen molar-refractivity contribution < 1.29 is 8.39 Å². The zero-order chi connectivity index (χ0) is 30.1. The molecule has 0 spiro atoms. The Kier molecular flexibility index (Phi) is 10.4. The van der Waals surface area contributed by atoms with Crippen molar-refractivity contribution >= 4 is 51.6 Å². The molecule has 1 heterocycles. The molecule has 6 rings (SSSR count). The first-order valence-electron chi connectivity index (χ1n) is 16.8. The molecule has 5 aromatic carbocycles. The van der Waals surface area contributed by atoms with E-state index in [0.717, 1.165) is 34.9 Å². The Bertz CT molecular complexity index is 1750. The molecule has 0 aliphatic carbocycles. The maximum Gasteiger partial charge on any atom is 0.310 e. The quantitative estimate of drug-likeness (QED) is 0.116. The summed E-state index contributed by atoms with van der Waals surface area (Å²) in [5.74, 6) is 0. The van der Waals surface area contributed by atoms with Crippen molar-refractivity contribution in [1.82, 2.24) is 0 Å². The molecule has 4 heteroatoms. The highest BCUT2D eigenvalue weighted by atomic mass is 31.1. The van der Waals surface area contributed by atoms with E-state index in [1.807, 2.05) is 0 Å². The highest BCUT2D eigenvalue weighted by molar-refractivity contribution is 7.39. The van der Waals surface area contributed by atoms with Gasteiger partial charge in [-0.15, -0.1) is 0 Å². The Morgan fingerprint density at radius 1 is 0.545 bits per heavy atom. The first-order valence-corrected chi connectivity index (χ1v) is 17.9. The van der Waals surface area contributed by atoms with E-state index >= 15 is 0 Å². The highest BCUT2D eigenvalue weighted by Gasteiger charge is 2.23. The van der Waals surface area contributed by atoms with Crippen LogP contribution in [-0.2, 0) is 0 Å². The summed E-state index contributed by atoms with van der Waals surface area (Å²) >= 11 is 0. The Morgan fingerprint density at radius 2 is 1.02 bits per heavy atom. The molecule has 0 aliphatic heterocycles. The predicted molar refractivity (Wildman–Crippen MR) is 191 cm³/mol. The molecule has 0 aliphatic rings. The van der Waals surface area contributed by atoms with Crippen LogP contribution < -0.4 is 4.67 Å². The number of hydrogen-bond acceptors (Lipinski definition) is 3. The van der Waals surface area contributed by atoms with Gasteiger partial charge in [-0.25, -0.2) is 0 Å². The van der Waals surface area contributed by atoms with E-state index in [9.17, 15) is 0 Å². The minimum atomic E-state index is -1.41. The van der Waals surface area contributed by atoms with Crippen LogP contribution in [0.4, 0.5) is 0 Å². The Labute approximate surface area is 263 Å². The van der Waals surface area contributed by atoms with E-state index in [4.69, 9.17) is 8.39 Å². The lowest BCUT2D eigenvalue weighted by Crippen LogP contribution is -2.25. The van der Waals surface area contributed by atoms with Crippen LogP contribution in [0.3, 0.4) is 0 Å².